The highest BCUT2D eigenvalue weighted by molar-refractivity contribution is 6.30. The molecule has 0 aliphatic rings. The van der Waals surface area contributed by atoms with Gasteiger partial charge in [-0.05, 0) is 49.6 Å². The zero-order valence-corrected chi connectivity index (χ0v) is 18.0. The largest absolute Gasteiger partial charge is 0.348 e. The number of hydrogen-bond donors (Lipinski definition) is 1. The third-order valence-corrected chi connectivity index (χ3v) is 5.57. The van der Waals surface area contributed by atoms with Gasteiger partial charge in [0.1, 0.15) is 5.56 Å². The number of amides is 1. The fraction of sp³-hybridized carbons (Fsp3) is 0.208. The quantitative estimate of drug-likeness (QED) is 0.505. The summed E-state index contributed by atoms with van der Waals surface area (Å²) < 4.78 is 1.75. The molecule has 0 atom stereocenters. The average molecular weight is 419 g/mol. The highest BCUT2D eigenvalue weighted by Gasteiger charge is 2.18. The van der Waals surface area contributed by atoms with Crippen molar-refractivity contribution in [1.82, 2.24) is 19.9 Å². The van der Waals surface area contributed by atoms with Gasteiger partial charge in [-0.25, -0.2) is 9.50 Å². The molecule has 152 valence electrons. The van der Waals surface area contributed by atoms with Crippen molar-refractivity contribution in [1.29, 1.82) is 0 Å². The molecule has 0 radical (unpaired) electrons. The lowest BCUT2D eigenvalue weighted by Gasteiger charge is -2.12. The predicted molar refractivity (Wildman–Crippen MR) is 119 cm³/mol. The first-order valence-electron chi connectivity index (χ1n) is 9.84. The fourth-order valence-electron chi connectivity index (χ4n) is 3.52. The minimum atomic E-state index is -0.178. The van der Waals surface area contributed by atoms with Gasteiger partial charge in [-0.2, -0.15) is 5.10 Å². The monoisotopic (exact) mass is 418 g/mol. The normalized spacial score (nSPS) is 11.1. The van der Waals surface area contributed by atoms with Crippen molar-refractivity contribution in [2.24, 2.45) is 0 Å². The first kappa shape index (κ1) is 20.1. The van der Waals surface area contributed by atoms with Gasteiger partial charge < -0.3 is 5.32 Å². The van der Waals surface area contributed by atoms with Crippen molar-refractivity contribution in [3.05, 3.63) is 99.0 Å². The summed E-state index contributed by atoms with van der Waals surface area (Å²) in [5.41, 5.74) is 7.41. The van der Waals surface area contributed by atoms with Crippen LogP contribution in [0.2, 0.25) is 5.02 Å². The third kappa shape index (κ3) is 4.07. The summed E-state index contributed by atoms with van der Waals surface area (Å²) in [5.74, 6) is -0.178. The van der Waals surface area contributed by atoms with E-state index in [1.54, 1.807) is 10.7 Å². The number of carbonyl (C=O) groups excluding carboxylic acids is 1. The van der Waals surface area contributed by atoms with E-state index in [1.807, 2.05) is 69.3 Å². The van der Waals surface area contributed by atoms with Crippen LogP contribution in [0.5, 0.6) is 0 Å². The fourth-order valence-corrected chi connectivity index (χ4v) is 3.64. The van der Waals surface area contributed by atoms with Gasteiger partial charge in [-0.3, -0.25) is 4.79 Å². The predicted octanol–water partition coefficient (Wildman–Crippen LogP) is 4.83. The summed E-state index contributed by atoms with van der Waals surface area (Å²) in [7, 11) is 0. The van der Waals surface area contributed by atoms with Crippen molar-refractivity contribution < 1.29 is 4.79 Å². The van der Waals surface area contributed by atoms with Crippen LogP contribution in [0, 0.1) is 20.8 Å². The van der Waals surface area contributed by atoms with E-state index in [0.29, 0.717) is 22.8 Å². The molecule has 1 amide bonds. The van der Waals surface area contributed by atoms with Gasteiger partial charge in [0.25, 0.3) is 5.91 Å². The van der Waals surface area contributed by atoms with Crippen molar-refractivity contribution in [2.75, 3.05) is 0 Å². The molecule has 0 fully saturated rings. The van der Waals surface area contributed by atoms with Crippen LogP contribution in [-0.4, -0.2) is 20.5 Å². The van der Waals surface area contributed by atoms with Crippen LogP contribution >= 0.6 is 11.6 Å². The number of halogens is 1. The van der Waals surface area contributed by atoms with Crippen LogP contribution in [-0.2, 0) is 13.0 Å². The zero-order valence-electron chi connectivity index (χ0n) is 17.2. The Labute approximate surface area is 180 Å². The lowest BCUT2D eigenvalue weighted by atomic mass is 10.0. The van der Waals surface area contributed by atoms with E-state index in [1.165, 1.54) is 5.56 Å². The SMILES string of the molecule is Cc1ccc(CNC(=O)c2cnn3c(C)c(Cc4ccc(Cl)cc4)c(C)nc23)cc1. The van der Waals surface area contributed by atoms with Crippen LogP contribution in [0.3, 0.4) is 0 Å². The standard InChI is InChI=1S/C24H23ClN4O/c1-15-4-6-19(7-5-15)13-26-24(30)22-14-27-29-17(3)21(16(2)28-23(22)29)12-18-8-10-20(25)11-9-18/h4-11,14H,12-13H2,1-3H3,(H,26,30). The first-order valence-corrected chi connectivity index (χ1v) is 10.2. The van der Waals surface area contributed by atoms with Crippen LogP contribution in [0.1, 0.15) is 44.0 Å². The molecule has 0 saturated carbocycles. The molecule has 6 heteroatoms. The highest BCUT2D eigenvalue weighted by atomic mass is 35.5. The Morgan fingerprint density at radius 2 is 1.67 bits per heavy atom. The molecule has 0 saturated heterocycles. The zero-order chi connectivity index (χ0) is 21.3. The number of benzene rings is 2. The summed E-state index contributed by atoms with van der Waals surface area (Å²) >= 11 is 6.00. The maximum atomic E-state index is 12.8. The van der Waals surface area contributed by atoms with E-state index in [2.05, 4.69) is 10.4 Å². The van der Waals surface area contributed by atoms with Crippen molar-refractivity contribution in [2.45, 2.75) is 33.7 Å². The van der Waals surface area contributed by atoms with Crippen molar-refractivity contribution in [3.8, 4) is 0 Å². The number of aromatic nitrogens is 3. The molecule has 5 nitrogen and oxygen atoms in total. The summed E-state index contributed by atoms with van der Waals surface area (Å²) in [6, 6.07) is 15.9. The molecule has 0 aliphatic heterocycles. The van der Waals surface area contributed by atoms with Crippen molar-refractivity contribution in [3.63, 3.8) is 0 Å². The molecule has 1 N–H and O–H groups in total. The Balaban J connectivity index is 1.59. The van der Waals surface area contributed by atoms with E-state index in [9.17, 15) is 4.79 Å². The maximum absolute atomic E-state index is 12.8. The van der Waals surface area contributed by atoms with Gasteiger partial charge in [-0.15, -0.1) is 0 Å². The van der Waals surface area contributed by atoms with Crippen LogP contribution in [0.25, 0.3) is 5.65 Å². The Bertz CT molecular complexity index is 1210. The molecular weight excluding hydrogens is 396 g/mol. The lowest BCUT2D eigenvalue weighted by molar-refractivity contribution is 0.0952. The Hall–Kier alpha value is -3.18. The maximum Gasteiger partial charge on any atom is 0.257 e. The highest BCUT2D eigenvalue weighted by Crippen LogP contribution is 2.21. The number of carbonyl (C=O) groups is 1. The Morgan fingerprint density at radius 3 is 2.37 bits per heavy atom. The topological polar surface area (TPSA) is 59.3 Å². The molecule has 0 unspecified atom stereocenters. The molecule has 4 rings (SSSR count). The van der Waals surface area contributed by atoms with Gasteiger partial charge in [0.05, 0.1) is 6.20 Å². The lowest BCUT2D eigenvalue weighted by Crippen LogP contribution is -2.23. The molecule has 30 heavy (non-hydrogen) atoms. The average Bonchev–Trinajstić information content (AvgIpc) is 3.16. The smallest absolute Gasteiger partial charge is 0.257 e. The number of hydrogen-bond acceptors (Lipinski definition) is 3. The first-order chi connectivity index (χ1) is 14.4. The molecule has 0 bridgehead atoms. The summed E-state index contributed by atoms with van der Waals surface area (Å²) in [6.45, 7) is 6.48. The second-order valence-electron chi connectivity index (χ2n) is 7.53. The van der Waals surface area contributed by atoms with Gasteiger partial charge in [-0.1, -0.05) is 53.6 Å². The van der Waals surface area contributed by atoms with E-state index in [0.717, 1.165) is 34.5 Å². The Morgan fingerprint density at radius 1 is 1.00 bits per heavy atom. The van der Waals surface area contributed by atoms with Crippen molar-refractivity contribution >= 4 is 23.2 Å². The molecule has 2 aromatic carbocycles. The number of fused-ring (bicyclic) bond motifs is 1. The van der Waals surface area contributed by atoms with E-state index < -0.39 is 0 Å². The molecule has 0 aliphatic carbocycles. The van der Waals surface area contributed by atoms with Crippen LogP contribution in [0.4, 0.5) is 0 Å². The number of rotatable bonds is 5. The molecule has 0 spiro atoms. The van der Waals surface area contributed by atoms with Crippen LogP contribution in [0.15, 0.2) is 54.7 Å². The van der Waals surface area contributed by atoms with Gasteiger partial charge in [0, 0.05) is 29.4 Å². The van der Waals surface area contributed by atoms with Gasteiger partial charge in [0.2, 0.25) is 0 Å². The molecular formula is C24H23ClN4O. The number of aryl methyl sites for hydroxylation is 3. The summed E-state index contributed by atoms with van der Waals surface area (Å²) in [4.78, 5) is 17.5. The van der Waals surface area contributed by atoms with Gasteiger partial charge in [0.15, 0.2) is 5.65 Å². The second kappa shape index (κ2) is 8.28. The Kier molecular flexibility index (Phi) is 5.55. The van der Waals surface area contributed by atoms with E-state index in [-0.39, 0.29) is 5.91 Å². The molecule has 4 aromatic rings. The summed E-state index contributed by atoms with van der Waals surface area (Å²) in [6.07, 6.45) is 2.32. The minimum Gasteiger partial charge on any atom is -0.348 e. The second-order valence-corrected chi connectivity index (χ2v) is 7.96. The molecule has 2 heterocycles. The molecule has 2 aromatic heterocycles. The van der Waals surface area contributed by atoms with E-state index in [4.69, 9.17) is 16.6 Å². The van der Waals surface area contributed by atoms with Gasteiger partial charge >= 0.3 is 0 Å². The summed E-state index contributed by atoms with van der Waals surface area (Å²) in [5, 5.41) is 8.12. The third-order valence-electron chi connectivity index (χ3n) is 5.32. The van der Waals surface area contributed by atoms with E-state index >= 15 is 0 Å². The minimum absolute atomic E-state index is 0.178. The van der Waals surface area contributed by atoms with Crippen LogP contribution < -0.4 is 5.32 Å². The number of nitrogens with one attached hydrogen (secondary N) is 1. The number of nitrogens with zero attached hydrogens (tertiary/aromatic N) is 3.